The summed E-state index contributed by atoms with van der Waals surface area (Å²) in [7, 11) is 0. The number of carbonyl (C=O) groups is 2. The number of rotatable bonds is 5. The Kier molecular flexibility index (Phi) is 6.45. The molecule has 1 aromatic heterocycles. The second kappa shape index (κ2) is 9.41. The van der Waals surface area contributed by atoms with Crippen LogP contribution >= 0.6 is 0 Å². The van der Waals surface area contributed by atoms with E-state index >= 15 is 0 Å². The van der Waals surface area contributed by atoms with E-state index in [-0.39, 0.29) is 30.2 Å². The van der Waals surface area contributed by atoms with E-state index in [4.69, 9.17) is 4.42 Å². The third-order valence-corrected chi connectivity index (χ3v) is 5.94. The molecule has 0 radical (unpaired) electrons. The minimum absolute atomic E-state index is 0.0418. The molecule has 2 amide bonds. The monoisotopic (exact) mass is 413 g/mol. The van der Waals surface area contributed by atoms with Crippen LogP contribution in [-0.2, 0) is 16.0 Å². The standard InChI is InChI=1S/C23H28FN3O3/c24-18-8-6-7-17(13-18)14-19-15-25-23(30-19)20-9-3-5-12-27(20)22(29)16-26-11-4-1-2-10-21(26)28/h6-8,13,15,20H,1-5,9-12,14,16H2. The number of hydrogen-bond acceptors (Lipinski definition) is 4. The number of benzene rings is 1. The first-order valence-corrected chi connectivity index (χ1v) is 10.9. The SMILES string of the molecule is O=C1CCCCCN1CC(=O)N1CCCCC1c1ncc(Cc2cccc(F)c2)o1. The van der Waals surface area contributed by atoms with Crippen molar-refractivity contribution in [2.24, 2.45) is 0 Å². The van der Waals surface area contributed by atoms with E-state index in [0.717, 1.165) is 44.1 Å². The minimum atomic E-state index is -0.278. The van der Waals surface area contributed by atoms with E-state index in [0.29, 0.717) is 37.6 Å². The average molecular weight is 413 g/mol. The summed E-state index contributed by atoms with van der Waals surface area (Å²) in [5.74, 6) is 0.926. The Morgan fingerprint density at radius 3 is 2.90 bits per heavy atom. The molecule has 0 N–H and O–H groups in total. The smallest absolute Gasteiger partial charge is 0.242 e. The van der Waals surface area contributed by atoms with Crippen molar-refractivity contribution in [2.75, 3.05) is 19.6 Å². The molecule has 2 fully saturated rings. The average Bonchev–Trinajstić information content (AvgIpc) is 3.11. The number of oxazole rings is 1. The Morgan fingerprint density at radius 1 is 1.17 bits per heavy atom. The maximum absolute atomic E-state index is 13.4. The van der Waals surface area contributed by atoms with Crippen LogP contribution < -0.4 is 0 Å². The van der Waals surface area contributed by atoms with Crippen LogP contribution in [0.4, 0.5) is 4.39 Å². The molecular formula is C23H28FN3O3. The summed E-state index contributed by atoms with van der Waals surface area (Å²) in [6.45, 7) is 1.43. The molecule has 1 atom stereocenters. The number of amides is 2. The zero-order chi connectivity index (χ0) is 20.9. The van der Waals surface area contributed by atoms with Crippen LogP contribution in [0.15, 0.2) is 34.9 Å². The van der Waals surface area contributed by atoms with Crippen molar-refractivity contribution in [1.29, 1.82) is 0 Å². The zero-order valence-electron chi connectivity index (χ0n) is 17.2. The molecule has 0 spiro atoms. The predicted octanol–water partition coefficient (Wildman–Crippen LogP) is 3.86. The zero-order valence-corrected chi connectivity index (χ0v) is 17.2. The van der Waals surface area contributed by atoms with Crippen LogP contribution in [0.2, 0.25) is 0 Å². The van der Waals surface area contributed by atoms with Gasteiger partial charge in [-0.05, 0) is 49.8 Å². The molecule has 1 unspecified atom stereocenters. The molecule has 6 nitrogen and oxygen atoms in total. The highest BCUT2D eigenvalue weighted by Crippen LogP contribution is 2.31. The van der Waals surface area contributed by atoms with Gasteiger partial charge in [-0.3, -0.25) is 9.59 Å². The molecule has 0 bridgehead atoms. The molecule has 2 aromatic rings. The molecule has 2 saturated heterocycles. The lowest BCUT2D eigenvalue weighted by atomic mass is 10.0. The van der Waals surface area contributed by atoms with Crippen LogP contribution in [0.1, 0.15) is 68.2 Å². The second-order valence-corrected chi connectivity index (χ2v) is 8.20. The fourth-order valence-electron chi connectivity index (χ4n) is 4.35. The molecular weight excluding hydrogens is 385 g/mol. The van der Waals surface area contributed by atoms with Gasteiger partial charge in [-0.15, -0.1) is 0 Å². The molecule has 7 heteroatoms. The van der Waals surface area contributed by atoms with Crippen LogP contribution in [0.3, 0.4) is 0 Å². The van der Waals surface area contributed by atoms with Crippen molar-refractivity contribution < 1.29 is 18.4 Å². The van der Waals surface area contributed by atoms with Crippen LogP contribution in [0.25, 0.3) is 0 Å². The molecule has 0 saturated carbocycles. The second-order valence-electron chi connectivity index (χ2n) is 8.20. The van der Waals surface area contributed by atoms with Crippen LogP contribution in [0, 0.1) is 5.82 Å². The Hall–Kier alpha value is -2.70. The van der Waals surface area contributed by atoms with E-state index in [9.17, 15) is 14.0 Å². The molecule has 1 aromatic carbocycles. The summed E-state index contributed by atoms with van der Waals surface area (Å²) in [6.07, 6.45) is 8.26. The van der Waals surface area contributed by atoms with Crippen molar-refractivity contribution in [1.82, 2.24) is 14.8 Å². The van der Waals surface area contributed by atoms with Crippen LogP contribution in [0.5, 0.6) is 0 Å². The van der Waals surface area contributed by atoms with E-state index in [1.54, 1.807) is 17.2 Å². The highest BCUT2D eigenvalue weighted by Gasteiger charge is 2.33. The first kappa shape index (κ1) is 20.6. The maximum Gasteiger partial charge on any atom is 0.242 e. The molecule has 0 aliphatic carbocycles. The van der Waals surface area contributed by atoms with Gasteiger partial charge in [0.2, 0.25) is 17.7 Å². The van der Waals surface area contributed by atoms with Gasteiger partial charge >= 0.3 is 0 Å². The quantitative estimate of drug-likeness (QED) is 0.747. The lowest BCUT2D eigenvalue weighted by Crippen LogP contribution is -2.46. The highest BCUT2D eigenvalue weighted by molar-refractivity contribution is 5.85. The Morgan fingerprint density at radius 2 is 2.03 bits per heavy atom. The number of piperidine rings is 1. The van der Waals surface area contributed by atoms with Gasteiger partial charge in [0.1, 0.15) is 17.6 Å². The van der Waals surface area contributed by atoms with Crippen molar-refractivity contribution in [3.05, 3.63) is 53.5 Å². The van der Waals surface area contributed by atoms with E-state index in [1.165, 1.54) is 12.1 Å². The van der Waals surface area contributed by atoms with Gasteiger partial charge in [-0.25, -0.2) is 9.37 Å². The summed E-state index contributed by atoms with van der Waals surface area (Å²) in [5, 5.41) is 0. The minimum Gasteiger partial charge on any atom is -0.443 e. The highest BCUT2D eigenvalue weighted by atomic mass is 19.1. The normalized spacial score (nSPS) is 20.3. The van der Waals surface area contributed by atoms with Crippen molar-refractivity contribution in [3.8, 4) is 0 Å². The van der Waals surface area contributed by atoms with E-state index in [1.807, 2.05) is 11.0 Å². The maximum atomic E-state index is 13.4. The summed E-state index contributed by atoms with van der Waals surface area (Å²) < 4.78 is 19.4. The van der Waals surface area contributed by atoms with E-state index < -0.39 is 0 Å². The predicted molar refractivity (Wildman–Crippen MR) is 109 cm³/mol. The summed E-state index contributed by atoms with van der Waals surface area (Å²) in [5.41, 5.74) is 0.814. The number of likely N-dealkylation sites (tertiary alicyclic amines) is 2. The third-order valence-electron chi connectivity index (χ3n) is 5.94. The van der Waals surface area contributed by atoms with Gasteiger partial charge in [0, 0.05) is 25.9 Å². The van der Waals surface area contributed by atoms with Crippen molar-refractivity contribution in [3.63, 3.8) is 0 Å². The topological polar surface area (TPSA) is 66.7 Å². The first-order chi connectivity index (χ1) is 14.6. The lowest BCUT2D eigenvalue weighted by molar-refractivity contribution is -0.143. The van der Waals surface area contributed by atoms with Gasteiger partial charge in [0.15, 0.2) is 0 Å². The number of hydrogen-bond donors (Lipinski definition) is 0. The van der Waals surface area contributed by atoms with Crippen LogP contribution in [-0.4, -0.2) is 46.2 Å². The molecule has 3 heterocycles. The molecule has 30 heavy (non-hydrogen) atoms. The molecule has 2 aliphatic rings. The largest absolute Gasteiger partial charge is 0.443 e. The number of nitrogens with zero attached hydrogens (tertiary/aromatic N) is 3. The molecule has 4 rings (SSSR count). The number of aromatic nitrogens is 1. The molecule has 160 valence electrons. The van der Waals surface area contributed by atoms with Gasteiger partial charge in [-0.2, -0.15) is 0 Å². The first-order valence-electron chi connectivity index (χ1n) is 10.9. The van der Waals surface area contributed by atoms with Gasteiger partial charge in [0.25, 0.3) is 0 Å². The summed E-state index contributed by atoms with van der Waals surface area (Å²) in [6, 6.07) is 6.20. The Balaban J connectivity index is 1.45. The van der Waals surface area contributed by atoms with Gasteiger partial charge in [-0.1, -0.05) is 18.6 Å². The Labute approximate surface area is 176 Å². The number of carbonyl (C=O) groups excluding carboxylic acids is 2. The fraction of sp³-hybridized carbons (Fsp3) is 0.522. The third kappa shape index (κ3) is 4.89. The van der Waals surface area contributed by atoms with Crippen molar-refractivity contribution >= 4 is 11.8 Å². The van der Waals surface area contributed by atoms with Gasteiger partial charge < -0.3 is 14.2 Å². The fourth-order valence-corrected chi connectivity index (χ4v) is 4.35. The summed E-state index contributed by atoms with van der Waals surface area (Å²) >= 11 is 0. The molecule has 2 aliphatic heterocycles. The van der Waals surface area contributed by atoms with Crippen molar-refractivity contribution in [2.45, 2.75) is 57.4 Å². The Bertz CT molecular complexity index is 897. The number of halogens is 1. The summed E-state index contributed by atoms with van der Waals surface area (Å²) in [4.78, 5) is 33.3. The van der Waals surface area contributed by atoms with Gasteiger partial charge in [0.05, 0.1) is 12.7 Å². The lowest BCUT2D eigenvalue weighted by Gasteiger charge is -2.35. The van der Waals surface area contributed by atoms with E-state index in [2.05, 4.69) is 4.98 Å².